The Hall–Kier alpha value is -1.12. The molecule has 1 aromatic rings. The molecule has 4 rings (SSSR count). The second-order valence-corrected chi connectivity index (χ2v) is 6.82. The first-order chi connectivity index (χ1) is 10.1. The van der Waals surface area contributed by atoms with Crippen molar-refractivity contribution < 1.29 is 5.11 Å². The van der Waals surface area contributed by atoms with Crippen LogP contribution < -0.4 is 0 Å². The van der Waals surface area contributed by atoms with Crippen LogP contribution in [0.25, 0.3) is 0 Å². The third kappa shape index (κ3) is 2.35. The quantitative estimate of drug-likeness (QED) is 0.855. The van der Waals surface area contributed by atoms with Crippen molar-refractivity contribution in [2.45, 2.75) is 51.2 Å². The average Bonchev–Trinajstić information content (AvgIpc) is 2.50. The van der Waals surface area contributed by atoms with Gasteiger partial charge in [-0.15, -0.1) is 6.58 Å². The molecule has 0 amide bonds. The fourth-order valence-corrected chi connectivity index (χ4v) is 4.30. The Labute approximate surface area is 128 Å². The van der Waals surface area contributed by atoms with Gasteiger partial charge < -0.3 is 5.11 Å². The summed E-state index contributed by atoms with van der Waals surface area (Å²) in [6.07, 6.45) is 6.19. The van der Waals surface area contributed by atoms with Crippen molar-refractivity contribution in [2.24, 2.45) is 5.92 Å². The molecule has 0 aliphatic carbocycles. The van der Waals surface area contributed by atoms with Crippen LogP contribution in [-0.4, -0.2) is 29.1 Å². The number of hydrogen-bond donors (Lipinski definition) is 1. The summed E-state index contributed by atoms with van der Waals surface area (Å²) in [4.78, 5) is 2.50. The summed E-state index contributed by atoms with van der Waals surface area (Å²) in [5.41, 5.74) is 3.01. The lowest BCUT2D eigenvalue weighted by Crippen LogP contribution is -2.63. The Morgan fingerprint density at radius 1 is 1.29 bits per heavy atom. The van der Waals surface area contributed by atoms with Crippen LogP contribution in [0, 0.1) is 19.8 Å². The molecule has 3 aliphatic heterocycles. The third-order valence-corrected chi connectivity index (χ3v) is 5.71. The van der Waals surface area contributed by atoms with Crippen molar-refractivity contribution in [3.8, 4) is 0 Å². The van der Waals surface area contributed by atoms with Crippen LogP contribution in [0.15, 0.2) is 30.9 Å². The van der Waals surface area contributed by atoms with Gasteiger partial charge in [0.15, 0.2) is 0 Å². The van der Waals surface area contributed by atoms with E-state index in [2.05, 4.69) is 43.5 Å². The zero-order chi connectivity index (χ0) is 15.0. The second kappa shape index (κ2) is 5.58. The summed E-state index contributed by atoms with van der Waals surface area (Å²) in [5.74, 6) is 0.402. The van der Waals surface area contributed by atoms with Crippen molar-refractivity contribution in [3.05, 3.63) is 47.5 Å². The molecule has 114 valence electrons. The number of piperidine rings is 3. The van der Waals surface area contributed by atoms with Crippen molar-refractivity contribution in [3.63, 3.8) is 0 Å². The maximum Gasteiger partial charge on any atom is 0.108 e. The van der Waals surface area contributed by atoms with Gasteiger partial charge in [-0.25, -0.2) is 0 Å². The van der Waals surface area contributed by atoms with Crippen LogP contribution in [0.2, 0.25) is 0 Å². The molecule has 0 radical (unpaired) electrons. The predicted molar refractivity (Wildman–Crippen MR) is 87.3 cm³/mol. The van der Waals surface area contributed by atoms with E-state index in [-0.39, 0.29) is 6.04 Å². The first kappa shape index (κ1) is 14.8. The van der Waals surface area contributed by atoms with Gasteiger partial charge in [-0.3, -0.25) is 4.90 Å². The molecule has 3 aliphatic rings. The summed E-state index contributed by atoms with van der Waals surface area (Å²) in [6.45, 7) is 10.4. The van der Waals surface area contributed by atoms with Crippen molar-refractivity contribution in [1.29, 1.82) is 0 Å². The molecular formula is C19H27NO. The first-order valence-corrected chi connectivity index (χ1v) is 8.22. The molecule has 2 heteroatoms. The highest BCUT2D eigenvalue weighted by atomic mass is 16.3. The third-order valence-electron chi connectivity index (χ3n) is 5.71. The lowest BCUT2D eigenvalue weighted by molar-refractivity contribution is -0.163. The molecule has 1 aromatic carbocycles. The van der Waals surface area contributed by atoms with Crippen LogP contribution >= 0.6 is 0 Å². The summed E-state index contributed by atoms with van der Waals surface area (Å²) < 4.78 is 0. The first-order valence-electron chi connectivity index (χ1n) is 8.22. The van der Waals surface area contributed by atoms with E-state index in [4.69, 9.17) is 0 Å². The standard InChI is InChI=1S/C19H27NO/c1-4-5-6-18-19(21,16-9-11-20(18)12-10-16)17-8-7-14(2)15(3)13-17/h4,7-8,13,16,18,21H,1,5-6,9-12H2,2-3H3. The Bertz CT molecular complexity index is 530. The van der Waals surface area contributed by atoms with E-state index in [1.54, 1.807) is 0 Å². The van der Waals surface area contributed by atoms with Crippen molar-refractivity contribution in [1.82, 2.24) is 4.90 Å². The van der Waals surface area contributed by atoms with E-state index >= 15 is 0 Å². The van der Waals surface area contributed by atoms with E-state index in [0.717, 1.165) is 44.3 Å². The molecule has 1 N–H and O–H groups in total. The molecule has 21 heavy (non-hydrogen) atoms. The summed E-state index contributed by atoms with van der Waals surface area (Å²) in [6, 6.07) is 6.75. The Balaban J connectivity index is 2.01. The number of aryl methyl sites for hydroxylation is 2. The van der Waals surface area contributed by atoms with E-state index in [9.17, 15) is 5.11 Å². The minimum absolute atomic E-state index is 0.241. The topological polar surface area (TPSA) is 23.5 Å². The van der Waals surface area contributed by atoms with Gasteiger partial charge >= 0.3 is 0 Å². The smallest absolute Gasteiger partial charge is 0.108 e. The predicted octanol–water partition coefficient (Wildman–Crippen LogP) is 3.55. The number of fused-ring (bicyclic) bond motifs is 3. The van der Waals surface area contributed by atoms with Gasteiger partial charge in [0.2, 0.25) is 0 Å². The van der Waals surface area contributed by atoms with E-state index in [1.807, 2.05) is 6.08 Å². The van der Waals surface area contributed by atoms with Gasteiger partial charge in [-0.05, 0) is 75.2 Å². The van der Waals surface area contributed by atoms with Crippen LogP contribution in [0.5, 0.6) is 0 Å². The number of benzene rings is 1. The van der Waals surface area contributed by atoms with Crippen LogP contribution in [0.4, 0.5) is 0 Å². The maximum absolute atomic E-state index is 11.7. The molecule has 2 unspecified atom stereocenters. The maximum atomic E-state index is 11.7. The molecule has 0 saturated carbocycles. The molecule has 3 saturated heterocycles. The molecule has 0 spiro atoms. The van der Waals surface area contributed by atoms with E-state index < -0.39 is 5.60 Å². The molecule has 2 nitrogen and oxygen atoms in total. The molecule has 2 atom stereocenters. The highest BCUT2D eigenvalue weighted by Gasteiger charge is 2.53. The normalized spacial score (nSPS) is 34.9. The monoisotopic (exact) mass is 285 g/mol. The Kier molecular flexibility index (Phi) is 3.94. The van der Waals surface area contributed by atoms with Gasteiger partial charge in [0.1, 0.15) is 5.60 Å². The SMILES string of the molecule is C=CCCC1N2CCC(CC2)C1(O)c1ccc(C)c(C)c1. The summed E-state index contributed by atoms with van der Waals surface area (Å²) in [5, 5.41) is 11.7. The second-order valence-electron chi connectivity index (χ2n) is 6.82. The van der Waals surface area contributed by atoms with Gasteiger partial charge in [0.25, 0.3) is 0 Å². The Morgan fingerprint density at radius 3 is 2.62 bits per heavy atom. The van der Waals surface area contributed by atoms with Gasteiger partial charge in [0, 0.05) is 6.04 Å². The van der Waals surface area contributed by atoms with Crippen LogP contribution in [0.1, 0.15) is 42.4 Å². The highest BCUT2D eigenvalue weighted by molar-refractivity contribution is 5.36. The van der Waals surface area contributed by atoms with Crippen LogP contribution in [0.3, 0.4) is 0 Å². The van der Waals surface area contributed by atoms with Crippen LogP contribution in [-0.2, 0) is 5.60 Å². The van der Waals surface area contributed by atoms with Gasteiger partial charge in [-0.2, -0.15) is 0 Å². The van der Waals surface area contributed by atoms with Crippen molar-refractivity contribution >= 4 is 0 Å². The fraction of sp³-hybridized carbons (Fsp3) is 0.579. The van der Waals surface area contributed by atoms with E-state index in [0.29, 0.717) is 5.92 Å². The molecule has 3 fully saturated rings. The number of allylic oxidation sites excluding steroid dienone is 1. The lowest BCUT2D eigenvalue weighted by Gasteiger charge is -2.56. The van der Waals surface area contributed by atoms with Crippen molar-refractivity contribution in [2.75, 3.05) is 13.1 Å². The fourth-order valence-electron chi connectivity index (χ4n) is 4.30. The molecule has 3 heterocycles. The van der Waals surface area contributed by atoms with Gasteiger partial charge in [-0.1, -0.05) is 24.3 Å². The number of aliphatic hydroxyl groups is 1. The molecular weight excluding hydrogens is 258 g/mol. The largest absolute Gasteiger partial charge is 0.383 e. The molecule has 0 aromatic heterocycles. The number of hydrogen-bond acceptors (Lipinski definition) is 2. The minimum atomic E-state index is -0.683. The summed E-state index contributed by atoms with van der Waals surface area (Å²) >= 11 is 0. The Morgan fingerprint density at radius 2 is 2.00 bits per heavy atom. The molecule has 2 bridgehead atoms. The summed E-state index contributed by atoms with van der Waals surface area (Å²) in [7, 11) is 0. The zero-order valence-electron chi connectivity index (χ0n) is 13.3. The van der Waals surface area contributed by atoms with E-state index in [1.165, 1.54) is 11.1 Å². The number of nitrogens with zero attached hydrogens (tertiary/aromatic N) is 1. The average molecular weight is 285 g/mol. The zero-order valence-corrected chi connectivity index (χ0v) is 13.3. The highest BCUT2D eigenvalue weighted by Crippen LogP contribution is 2.48. The lowest BCUT2D eigenvalue weighted by atomic mass is 9.65. The number of rotatable bonds is 4. The van der Waals surface area contributed by atoms with Gasteiger partial charge in [0.05, 0.1) is 0 Å². The minimum Gasteiger partial charge on any atom is -0.383 e.